The molecule has 0 saturated carbocycles. The van der Waals surface area contributed by atoms with Crippen molar-refractivity contribution in [3.05, 3.63) is 35.4 Å². The lowest BCUT2D eigenvalue weighted by Gasteiger charge is -2.32. The van der Waals surface area contributed by atoms with Crippen LogP contribution in [0.25, 0.3) is 0 Å². The molecule has 1 heterocycles. The van der Waals surface area contributed by atoms with Crippen LogP contribution in [-0.4, -0.2) is 29.7 Å². The molecule has 2 nitrogen and oxygen atoms in total. The highest BCUT2D eigenvalue weighted by Crippen LogP contribution is 2.20. The Morgan fingerprint density at radius 1 is 1.32 bits per heavy atom. The zero-order valence-corrected chi connectivity index (χ0v) is 11.7. The van der Waals surface area contributed by atoms with E-state index in [2.05, 4.69) is 35.8 Å². The van der Waals surface area contributed by atoms with Crippen LogP contribution in [0, 0.1) is 17.8 Å². The van der Waals surface area contributed by atoms with Crippen molar-refractivity contribution in [3.8, 4) is 11.8 Å². The van der Waals surface area contributed by atoms with Crippen LogP contribution in [0.1, 0.15) is 37.3 Å². The number of aliphatic hydroxyl groups is 1. The zero-order valence-electron chi connectivity index (χ0n) is 11.7. The molecule has 1 unspecified atom stereocenters. The average Bonchev–Trinajstić information content (AvgIpc) is 2.47. The van der Waals surface area contributed by atoms with Gasteiger partial charge in [-0.25, -0.2) is 0 Å². The van der Waals surface area contributed by atoms with Gasteiger partial charge in [0.25, 0.3) is 0 Å². The first kappa shape index (κ1) is 14.1. The lowest BCUT2D eigenvalue weighted by molar-refractivity contribution is 0.165. The Morgan fingerprint density at radius 3 is 2.79 bits per heavy atom. The Kier molecular flexibility index (Phi) is 5.44. The van der Waals surface area contributed by atoms with Gasteiger partial charge in [0.1, 0.15) is 6.61 Å². The highest BCUT2D eigenvalue weighted by Gasteiger charge is 2.18. The van der Waals surface area contributed by atoms with E-state index in [0.29, 0.717) is 0 Å². The number of benzene rings is 1. The SMILES string of the molecule is CCC1CCCN(Cc2ccc(C#CCO)cc2)C1. The Bertz CT molecular complexity index is 441. The molecule has 0 spiro atoms. The molecule has 2 rings (SSSR count). The lowest BCUT2D eigenvalue weighted by Crippen LogP contribution is -2.34. The largest absolute Gasteiger partial charge is 0.384 e. The molecule has 0 bridgehead atoms. The molecule has 1 aromatic rings. The van der Waals surface area contributed by atoms with E-state index in [-0.39, 0.29) is 6.61 Å². The van der Waals surface area contributed by atoms with Crippen LogP contribution < -0.4 is 0 Å². The van der Waals surface area contributed by atoms with E-state index in [4.69, 9.17) is 5.11 Å². The van der Waals surface area contributed by atoms with Crippen molar-refractivity contribution in [2.75, 3.05) is 19.7 Å². The van der Waals surface area contributed by atoms with Gasteiger partial charge < -0.3 is 5.11 Å². The number of hydrogen-bond acceptors (Lipinski definition) is 2. The van der Waals surface area contributed by atoms with Crippen LogP contribution in [0.5, 0.6) is 0 Å². The second-order valence-electron chi connectivity index (χ2n) is 5.31. The number of hydrogen-bond donors (Lipinski definition) is 1. The van der Waals surface area contributed by atoms with Crippen LogP contribution in [0.4, 0.5) is 0 Å². The summed E-state index contributed by atoms with van der Waals surface area (Å²) in [7, 11) is 0. The first-order valence-corrected chi connectivity index (χ1v) is 7.23. The van der Waals surface area contributed by atoms with E-state index >= 15 is 0 Å². The van der Waals surface area contributed by atoms with E-state index < -0.39 is 0 Å². The molecule has 1 atom stereocenters. The third-order valence-corrected chi connectivity index (χ3v) is 3.85. The van der Waals surface area contributed by atoms with Crippen LogP contribution in [0.15, 0.2) is 24.3 Å². The molecule has 1 aromatic carbocycles. The van der Waals surface area contributed by atoms with Crippen molar-refractivity contribution >= 4 is 0 Å². The Balaban J connectivity index is 1.92. The van der Waals surface area contributed by atoms with E-state index in [1.165, 1.54) is 37.9 Å². The van der Waals surface area contributed by atoms with Crippen LogP contribution in [0.3, 0.4) is 0 Å². The van der Waals surface area contributed by atoms with Gasteiger partial charge in [-0.15, -0.1) is 0 Å². The van der Waals surface area contributed by atoms with E-state index in [1.54, 1.807) is 0 Å². The van der Waals surface area contributed by atoms with Crippen molar-refractivity contribution < 1.29 is 5.11 Å². The summed E-state index contributed by atoms with van der Waals surface area (Å²) in [5.74, 6) is 6.48. The van der Waals surface area contributed by atoms with Crippen molar-refractivity contribution in [3.63, 3.8) is 0 Å². The maximum Gasteiger partial charge on any atom is 0.104 e. The molecule has 1 saturated heterocycles. The van der Waals surface area contributed by atoms with Crippen LogP contribution in [-0.2, 0) is 6.54 Å². The number of piperidine rings is 1. The molecule has 102 valence electrons. The zero-order chi connectivity index (χ0) is 13.5. The minimum absolute atomic E-state index is 0.0755. The number of nitrogens with zero attached hydrogens (tertiary/aromatic N) is 1. The van der Waals surface area contributed by atoms with Gasteiger partial charge in [-0.1, -0.05) is 37.3 Å². The predicted molar refractivity (Wildman–Crippen MR) is 78.7 cm³/mol. The molecule has 0 aliphatic carbocycles. The fourth-order valence-corrected chi connectivity index (χ4v) is 2.72. The Labute approximate surface area is 116 Å². The maximum absolute atomic E-state index is 8.67. The molecule has 0 amide bonds. The monoisotopic (exact) mass is 257 g/mol. The minimum Gasteiger partial charge on any atom is -0.384 e. The van der Waals surface area contributed by atoms with Gasteiger partial charge in [-0.2, -0.15) is 0 Å². The van der Waals surface area contributed by atoms with E-state index in [9.17, 15) is 0 Å². The predicted octanol–water partition coefficient (Wildman–Crippen LogP) is 2.65. The van der Waals surface area contributed by atoms with Gasteiger partial charge in [-0.05, 0) is 43.0 Å². The summed E-state index contributed by atoms with van der Waals surface area (Å²) >= 11 is 0. The van der Waals surface area contributed by atoms with Crippen LogP contribution in [0.2, 0.25) is 0 Å². The topological polar surface area (TPSA) is 23.5 Å². The summed E-state index contributed by atoms with van der Waals surface area (Å²) in [6.07, 6.45) is 4.02. The van der Waals surface area contributed by atoms with E-state index in [0.717, 1.165) is 18.0 Å². The average molecular weight is 257 g/mol. The van der Waals surface area contributed by atoms with Gasteiger partial charge in [0.05, 0.1) is 0 Å². The van der Waals surface area contributed by atoms with Crippen molar-refractivity contribution in [2.24, 2.45) is 5.92 Å². The first-order chi connectivity index (χ1) is 9.31. The standard InChI is InChI=1S/C17H23NO/c1-2-15-5-3-11-18(13-15)14-17-9-7-16(8-10-17)6-4-12-19/h7-10,15,19H,2-3,5,11-14H2,1H3. The van der Waals surface area contributed by atoms with Crippen molar-refractivity contribution in [2.45, 2.75) is 32.7 Å². The summed E-state index contributed by atoms with van der Waals surface area (Å²) in [6.45, 7) is 5.73. The van der Waals surface area contributed by atoms with Gasteiger partial charge >= 0.3 is 0 Å². The number of rotatable bonds is 3. The van der Waals surface area contributed by atoms with Gasteiger partial charge in [0, 0.05) is 18.7 Å². The second-order valence-corrected chi connectivity index (χ2v) is 5.31. The molecule has 1 aliphatic rings. The normalized spacial score (nSPS) is 19.8. The fraction of sp³-hybridized carbons (Fsp3) is 0.529. The third kappa shape index (κ3) is 4.38. The Morgan fingerprint density at radius 2 is 2.11 bits per heavy atom. The molecule has 0 aromatic heterocycles. The summed E-state index contributed by atoms with van der Waals surface area (Å²) in [5, 5.41) is 8.67. The molecule has 1 aliphatic heterocycles. The van der Waals surface area contributed by atoms with Gasteiger partial charge in [0.15, 0.2) is 0 Å². The van der Waals surface area contributed by atoms with Crippen molar-refractivity contribution in [1.29, 1.82) is 0 Å². The second kappa shape index (κ2) is 7.33. The van der Waals surface area contributed by atoms with Crippen molar-refractivity contribution in [1.82, 2.24) is 4.90 Å². The van der Waals surface area contributed by atoms with E-state index in [1.807, 2.05) is 12.1 Å². The van der Waals surface area contributed by atoms with Gasteiger partial charge in [-0.3, -0.25) is 4.90 Å². The first-order valence-electron chi connectivity index (χ1n) is 7.23. The number of likely N-dealkylation sites (tertiary alicyclic amines) is 1. The maximum atomic E-state index is 8.67. The smallest absolute Gasteiger partial charge is 0.104 e. The molecule has 2 heteroatoms. The molecular weight excluding hydrogens is 234 g/mol. The minimum atomic E-state index is -0.0755. The van der Waals surface area contributed by atoms with Gasteiger partial charge in [0.2, 0.25) is 0 Å². The Hall–Kier alpha value is -1.30. The summed E-state index contributed by atoms with van der Waals surface area (Å²) < 4.78 is 0. The third-order valence-electron chi connectivity index (χ3n) is 3.85. The highest BCUT2D eigenvalue weighted by atomic mass is 16.2. The molecular formula is C17H23NO. The number of aliphatic hydroxyl groups excluding tert-OH is 1. The molecule has 19 heavy (non-hydrogen) atoms. The lowest BCUT2D eigenvalue weighted by atomic mass is 9.95. The summed E-state index contributed by atoms with van der Waals surface area (Å²) in [4.78, 5) is 2.56. The summed E-state index contributed by atoms with van der Waals surface area (Å²) in [6, 6.07) is 8.38. The molecule has 0 radical (unpaired) electrons. The highest BCUT2D eigenvalue weighted by molar-refractivity contribution is 5.36. The summed E-state index contributed by atoms with van der Waals surface area (Å²) in [5.41, 5.74) is 2.33. The molecule has 1 fully saturated rings. The van der Waals surface area contributed by atoms with Crippen LogP contribution >= 0.6 is 0 Å². The molecule has 1 N–H and O–H groups in total. The quantitative estimate of drug-likeness (QED) is 0.842. The fourth-order valence-electron chi connectivity index (χ4n) is 2.72.